The fourth-order valence-corrected chi connectivity index (χ4v) is 6.25. The van der Waals surface area contributed by atoms with Gasteiger partial charge in [0.05, 0.1) is 24.5 Å². The Morgan fingerprint density at radius 2 is 1.83 bits per heavy atom. The number of primary amides is 1. The van der Waals surface area contributed by atoms with Gasteiger partial charge in [0, 0.05) is 32.3 Å². The molecule has 30 heavy (non-hydrogen) atoms. The fraction of sp³-hybridized carbons (Fsp3) is 0.773. The van der Waals surface area contributed by atoms with Gasteiger partial charge in [0.1, 0.15) is 0 Å². The molecule has 0 radical (unpaired) electrons. The average molecular weight is 420 g/mol. The van der Waals surface area contributed by atoms with Crippen molar-refractivity contribution < 1.29 is 13.9 Å². The molecule has 0 saturated carbocycles. The van der Waals surface area contributed by atoms with E-state index in [1.807, 2.05) is 0 Å². The van der Waals surface area contributed by atoms with E-state index in [1.54, 1.807) is 7.11 Å². The molecular weight excluding hydrogens is 385 g/mol. The van der Waals surface area contributed by atoms with Crippen molar-refractivity contribution in [3.63, 3.8) is 0 Å². The Balaban J connectivity index is 1.44. The average Bonchev–Trinajstić information content (AvgIpc) is 2.96. The maximum Gasteiger partial charge on any atom is 0.235 e. The van der Waals surface area contributed by atoms with E-state index in [-0.39, 0.29) is 24.0 Å². The van der Waals surface area contributed by atoms with E-state index in [0.717, 1.165) is 45.2 Å². The summed E-state index contributed by atoms with van der Waals surface area (Å²) in [6.45, 7) is 5.75. The Labute approximate surface area is 178 Å². The molecule has 3 aliphatic rings. The maximum absolute atomic E-state index is 13.2. The van der Waals surface area contributed by atoms with E-state index >= 15 is 0 Å². The number of anilines is 1. The Bertz CT molecular complexity index is 732. The molecule has 166 valence electrons. The lowest BCUT2D eigenvalue weighted by molar-refractivity contribution is -0.128. The van der Waals surface area contributed by atoms with Crippen molar-refractivity contribution >= 4 is 11.9 Å². The van der Waals surface area contributed by atoms with E-state index in [4.69, 9.17) is 10.5 Å². The van der Waals surface area contributed by atoms with Crippen LogP contribution in [0.5, 0.6) is 0 Å². The molecule has 2 N–H and O–H groups in total. The predicted octanol–water partition coefficient (Wildman–Crippen LogP) is 2.21. The molecule has 4 rings (SSSR count). The lowest BCUT2D eigenvalue weighted by atomic mass is 9.74. The van der Waals surface area contributed by atoms with Gasteiger partial charge in [-0.25, -0.2) is 14.4 Å². The normalized spacial score (nSPS) is 33.1. The van der Waals surface area contributed by atoms with Crippen LogP contribution in [0.25, 0.3) is 0 Å². The number of carbonyl (C=O) groups is 1. The van der Waals surface area contributed by atoms with Crippen LogP contribution in [0.1, 0.15) is 46.0 Å². The Hall–Kier alpha value is -1.80. The first kappa shape index (κ1) is 21.4. The number of hydrogen-bond acceptors (Lipinski definition) is 6. The molecule has 1 amide bonds. The predicted molar refractivity (Wildman–Crippen MR) is 112 cm³/mol. The van der Waals surface area contributed by atoms with Crippen LogP contribution in [-0.2, 0) is 9.53 Å². The third kappa shape index (κ3) is 4.04. The van der Waals surface area contributed by atoms with Crippen molar-refractivity contribution in [1.82, 2.24) is 14.9 Å². The molecule has 1 aromatic heterocycles. The van der Waals surface area contributed by atoms with Crippen LogP contribution in [0.2, 0.25) is 0 Å². The maximum atomic E-state index is 13.2. The van der Waals surface area contributed by atoms with E-state index < -0.39 is 5.82 Å². The summed E-state index contributed by atoms with van der Waals surface area (Å²) in [6.07, 6.45) is 8.04. The number of nitrogens with two attached hydrogens (primary N) is 1. The van der Waals surface area contributed by atoms with Crippen LogP contribution in [0.4, 0.5) is 10.3 Å². The Morgan fingerprint density at radius 3 is 2.37 bits per heavy atom. The molecule has 8 heteroatoms. The molecule has 1 aromatic rings. The zero-order valence-electron chi connectivity index (χ0n) is 18.2. The number of rotatable bonds is 6. The van der Waals surface area contributed by atoms with Crippen LogP contribution in [0.3, 0.4) is 0 Å². The summed E-state index contributed by atoms with van der Waals surface area (Å²) in [5.74, 6) is 1.24. The van der Waals surface area contributed by atoms with Crippen molar-refractivity contribution in [3.8, 4) is 0 Å². The number of amides is 1. The second-order valence-corrected chi connectivity index (χ2v) is 9.53. The molecule has 4 heterocycles. The summed E-state index contributed by atoms with van der Waals surface area (Å²) in [5, 5.41) is 0. The molecule has 7 nitrogen and oxygen atoms in total. The number of carbonyl (C=O) groups excluding carboxylic acids is 1. The minimum absolute atomic E-state index is 0.0976. The van der Waals surface area contributed by atoms with Gasteiger partial charge in [-0.15, -0.1) is 0 Å². The first-order chi connectivity index (χ1) is 14.4. The number of piperidine rings is 2. The van der Waals surface area contributed by atoms with Gasteiger partial charge in [0.25, 0.3) is 0 Å². The minimum atomic E-state index is -0.421. The number of aromatic nitrogens is 2. The molecule has 3 aliphatic heterocycles. The highest BCUT2D eigenvalue weighted by molar-refractivity contribution is 5.80. The quantitative estimate of drug-likeness (QED) is 0.761. The largest absolute Gasteiger partial charge is 0.379 e. The first-order valence-electron chi connectivity index (χ1n) is 11.2. The molecular formula is C22H34FN5O2. The minimum Gasteiger partial charge on any atom is -0.379 e. The van der Waals surface area contributed by atoms with Crippen molar-refractivity contribution in [2.75, 3.05) is 25.1 Å². The summed E-state index contributed by atoms with van der Waals surface area (Å²) in [6, 6.07) is 0.702. The van der Waals surface area contributed by atoms with Gasteiger partial charge in [-0.1, -0.05) is 13.8 Å². The number of nitrogens with zero attached hydrogens (tertiary/aromatic N) is 4. The van der Waals surface area contributed by atoms with Gasteiger partial charge in [0.15, 0.2) is 5.82 Å². The smallest absolute Gasteiger partial charge is 0.235 e. The Morgan fingerprint density at radius 1 is 1.20 bits per heavy atom. The second-order valence-electron chi connectivity index (χ2n) is 9.53. The second kappa shape index (κ2) is 8.75. The zero-order chi connectivity index (χ0) is 21.4. The lowest BCUT2D eigenvalue weighted by Gasteiger charge is -2.48. The van der Waals surface area contributed by atoms with Crippen LogP contribution in [-0.4, -0.2) is 65.2 Å². The molecule has 5 atom stereocenters. The summed E-state index contributed by atoms with van der Waals surface area (Å²) in [4.78, 5) is 25.0. The molecule has 0 spiro atoms. The Kier molecular flexibility index (Phi) is 6.25. The summed E-state index contributed by atoms with van der Waals surface area (Å²) in [5.41, 5.74) is 5.78. The third-order valence-corrected chi connectivity index (χ3v) is 7.48. The van der Waals surface area contributed by atoms with E-state index in [9.17, 15) is 9.18 Å². The van der Waals surface area contributed by atoms with Gasteiger partial charge in [-0.2, -0.15) is 0 Å². The lowest BCUT2D eigenvalue weighted by Crippen LogP contribution is -2.57. The van der Waals surface area contributed by atoms with Crippen LogP contribution < -0.4 is 10.6 Å². The molecule has 0 aliphatic carbocycles. The first-order valence-corrected chi connectivity index (χ1v) is 11.2. The monoisotopic (exact) mass is 419 g/mol. The number of methoxy groups -OCH3 is 1. The van der Waals surface area contributed by atoms with Crippen LogP contribution in [0, 0.1) is 23.6 Å². The highest BCUT2D eigenvalue weighted by Gasteiger charge is 2.49. The highest BCUT2D eigenvalue weighted by Crippen LogP contribution is 2.46. The van der Waals surface area contributed by atoms with Gasteiger partial charge < -0.3 is 15.4 Å². The van der Waals surface area contributed by atoms with Crippen molar-refractivity contribution in [2.24, 2.45) is 23.5 Å². The molecule has 2 bridgehead atoms. The molecule has 1 unspecified atom stereocenters. The number of ether oxygens (including phenoxy) is 1. The van der Waals surface area contributed by atoms with Crippen LogP contribution >= 0.6 is 0 Å². The molecule has 3 saturated heterocycles. The van der Waals surface area contributed by atoms with E-state index in [2.05, 4.69) is 33.6 Å². The fourth-order valence-electron chi connectivity index (χ4n) is 6.25. The topological polar surface area (TPSA) is 84.6 Å². The van der Waals surface area contributed by atoms with Crippen molar-refractivity contribution in [2.45, 2.75) is 70.2 Å². The van der Waals surface area contributed by atoms with E-state index in [1.165, 1.54) is 12.4 Å². The highest BCUT2D eigenvalue weighted by atomic mass is 19.1. The molecule has 0 aromatic carbocycles. The van der Waals surface area contributed by atoms with Gasteiger partial charge in [-0.3, -0.25) is 9.69 Å². The summed E-state index contributed by atoms with van der Waals surface area (Å²) < 4.78 is 19.1. The molecule has 3 fully saturated rings. The van der Waals surface area contributed by atoms with E-state index in [0.29, 0.717) is 29.9 Å². The third-order valence-electron chi connectivity index (χ3n) is 7.48. The van der Waals surface area contributed by atoms with Gasteiger partial charge in [-0.05, 0) is 49.9 Å². The number of hydrogen-bond donors (Lipinski definition) is 1. The van der Waals surface area contributed by atoms with Crippen molar-refractivity contribution in [3.05, 3.63) is 18.2 Å². The number of fused-ring (bicyclic) bond motifs is 2. The van der Waals surface area contributed by atoms with Gasteiger partial charge >= 0.3 is 0 Å². The standard InChI is InChI=1S/C22H34FN5O2/c1-13(2)20(21(24)29)28-16-4-5-17(28)9-14(8-16)18-6-7-27(12-19(18)30-3)22-25-10-15(23)11-26-22/h10-11,13-14,16-20H,4-9,12H2,1-3H3,(H2,24,29)/t16-,17-,18?,19-,20-/m1/s1. The van der Waals surface area contributed by atoms with Gasteiger partial charge in [0.2, 0.25) is 11.9 Å². The SMILES string of the molecule is CO[C@@H]1CN(c2ncc(F)cn2)CCC1C1C[C@H]2CC[C@H](C1)N2[C@@H](C(N)=O)C(C)C. The summed E-state index contributed by atoms with van der Waals surface area (Å²) >= 11 is 0. The van der Waals surface area contributed by atoms with Crippen molar-refractivity contribution in [1.29, 1.82) is 0 Å². The zero-order valence-corrected chi connectivity index (χ0v) is 18.2. The van der Waals surface area contributed by atoms with Crippen LogP contribution in [0.15, 0.2) is 12.4 Å². The summed E-state index contributed by atoms with van der Waals surface area (Å²) in [7, 11) is 1.78. The number of halogens is 1.